The molecule has 152 valence electrons. The number of thioether (sulfide) groups is 2. The lowest BCUT2D eigenvalue weighted by molar-refractivity contribution is -0.113. The smallest absolute Gasteiger partial charge is 0.288 e. The van der Waals surface area contributed by atoms with Crippen molar-refractivity contribution in [3.05, 3.63) is 48.5 Å². The Bertz CT molecular complexity index is 965. The summed E-state index contributed by atoms with van der Waals surface area (Å²) in [6.07, 6.45) is 0. The first-order valence-electron chi connectivity index (χ1n) is 8.28. The topological polar surface area (TPSA) is 95.1 Å². The molecule has 1 heterocycles. The van der Waals surface area contributed by atoms with Crippen LogP contribution >= 0.6 is 23.5 Å². The summed E-state index contributed by atoms with van der Waals surface area (Å²) in [7, 11) is 1.58. The lowest BCUT2D eigenvalue weighted by atomic mass is 10.2. The standard InChI is InChI=1S/C18H17F2N5O2S2/c1-27-13-6-2-11(3-7-13)16-23-24-18(25(16)21)28-10-15(26)22-12-4-8-14(9-5-12)29-17(19)20/h2-9,17H,10,21H2,1H3,(H,22,26). The number of hydrogen-bond donors (Lipinski definition) is 2. The summed E-state index contributed by atoms with van der Waals surface area (Å²) < 4.78 is 31.1. The van der Waals surface area contributed by atoms with Crippen molar-refractivity contribution in [3.8, 4) is 17.1 Å². The molecule has 0 aliphatic heterocycles. The van der Waals surface area contributed by atoms with Crippen molar-refractivity contribution in [2.24, 2.45) is 0 Å². The van der Waals surface area contributed by atoms with Crippen molar-refractivity contribution in [1.82, 2.24) is 14.9 Å². The molecule has 29 heavy (non-hydrogen) atoms. The number of ether oxygens (including phenoxy) is 1. The molecule has 0 unspecified atom stereocenters. The molecule has 2 aromatic carbocycles. The van der Waals surface area contributed by atoms with E-state index in [1.54, 1.807) is 31.4 Å². The number of amides is 1. The first-order valence-corrected chi connectivity index (χ1v) is 10.1. The lowest BCUT2D eigenvalue weighted by Gasteiger charge is -2.07. The second-order valence-corrected chi connectivity index (χ2v) is 7.65. The Morgan fingerprint density at radius 2 is 1.86 bits per heavy atom. The minimum absolute atomic E-state index is 0.0610. The van der Waals surface area contributed by atoms with Gasteiger partial charge in [0.2, 0.25) is 11.1 Å². The van der Waals surface area contributed by atoms with Gasteiger partial charge in [-0.25, -0.2) is 4.68 Å². The highest BCUT2D eigenvalue weighted by Crippen LogP contribution is 2.27. The Hall–Kier alpha value is -2.79. The Morgan fingerprint density at radius 3 is 2.48 bits per heavy atom. The van der Waals surface area contributed by atoms with E-state index in [-0.39, 0.29) is 11.7 Å². The maximum Gasteiger partial charge on any atom is 0.288 e. The highest BCUT2D eigenvalue weighted by molar-refractivity contribution is 8.00. The van der Waals surface area contributed by atoms with Crippen molar-refractivity contribution < 1.29 is 18.3 Å². The number of carbonyl (C=O) groups is 1. The van der Waals surface area contributed by atoms with Crippen molar-refractivity contribution in [2.75, 3.05) is 24.0 Å². The van der Waals surface area contributed by atoms with Crippen molar-refractivity contribution in [3.63, 3.8) is 0 Å². The third-order valence-corrected chi connectivity index (χ3v) is 5.37. The highest BCUT2D eigenvalue weighted by Gasteiger charge is 2.14. The number of nitrogen functional groups attached to an aromatic ring is 1. The lowest BCUT2D eigenvalue weighted by Crippen LogP contribution is -2.16. The van der Waals surface area contributed by atoms with Crippen LogP contribution in [0.2, 0.25) is 0 Å². The van der Waals surface area contributed by atoms with Gasteiger partial charge in [0.25, 0.3) is 5.76 Å². The Labute approximate surface area is 174 Å². The van der Waals surface area contributed by atoms with E-state index >= 15 is 0 Å². The van der Waals surface area contributed by atoms with Gasteiger partial charge in [-0.2, -0.15) is 8.78 Å². The number of nitrogens with zero attached hydrogens (tertiary/aromatic N) is 3. The van der Waals surface area contributed by atoms with Crippen molar-refractivity contribution >= 4 is 35.1 Å². The molecular weight excluding hydrogens is 420 g/mol. The molecule has 0 radical (unpaired) electrons. The van der Waals surface area contributed by atoms with Crippen LogP contribution in [0.4, 0.5) is 14.5 Å². The van der Waals surface area contributed by atoms with E-state index in [1.807, 2.05) is 12.1 Å². The van der Waals surface area contributed by atoms with Gasteiger partial charge >= 0.3 is 0 Å². The van der Waals surface area contributed by atoms with Crippen LogP contribution in [-0.4, -0.2) is 39.4 Å². The highest BCUT2D eigenvalue weighted by atomic mass is 32.2. The quantitative estimate of drug-likeness (QED) is 0.410. The Balaban J connectivity index is 1.57. The number of halogens is 2. The summed E-state index contributed by atoms with van der Waals surface area (Å²) in [4.78, 5) is 12.6. The first-order chi connectivity index (χ1) is 14.0. The third kappa shape index (κ3) is 5.61. The van der Waals surface area contributed by atoms with Gasteiger partial charge in [-0.05, 0) is 48.5 Å². The minimum atomic E-state index is -2.48. The summed E-state index contributed by atoms with van der Waals surface area (Å²) in [6.45, 7) is 0. The van der Waals surface area contributed by atoms with E-state index in [2.05, 4.69) is 15.5 Å². The maximum atomic E-state index is 12.3. The van der Waals surface area contributed by atoms with Gasteiger partial charge in [-0.1, -0.05) is 23.5 Å². The number of nitrogens with one attached hydrogen (secondary N) is 1. The number of alkyl halides is 2. The molecule has 0 spiro atoms. The minimum Gasteiger partial charge on any atom is -0.497 e. The first kappa shape index (κ1) is 20.9. The van der Waals surface area contributed by atoms with E-state index in [4.69, 9.17) is 10.6 Å². The molecule has 3 rings (SSSR count). The van der Waals surface area contributed by atoms with E-state index < -0.39 is 5.76 Å². The molecule has 0 bridgehead atoms. The second kappa shape index (κ2) is 9.61. The predicted molar refractivity (Wildman–Crippen MR) is 110 cm³/mol. The molecule has 0 aliphatic carbocycles. The van der Waals surface area contributed by atoms with Gasteiger partial charge in [0.1, 0.15) is 5.75 Å². The zero-order valence-corrected chi connectivity index (χ0v) is 16.8. The molecule has 7 nitrogen and oxygen atoms in total. The fraction of sp³-hybridized carbons (Fsp3) is 0.167. The summed E-state index contributed by atoms with van der Waals surface area (Å²) in [5, 5.41) is 11.2. The van der Waals surface area contributed by atoms with Crippen LogP contribution in [0.3, 0.4) is 0 Å². The number of carbonyl (C=O) groups excluding carboxylic acids is 1. The molecular formula is C18H17F2N5O2S2. The van der Waals surface area contributed by atoms with E-state index in [0.29, 0.717) is 39.1 Å². The van der Waals surface area contributed by atoms with Crippen molar-refractivity contribution in [2.45, 2.75) is 15.8 Å². The molecule has 0 saturated heterocycles. The number of aromatic nitrogens is 3. The average molecular weight is 437 g/mol. The maximum absolute atomic E-state index is 12.3. The molecule has 3 N–H and O–H groups in total. The number of methoxy groups -OCH3 is 1. The van der Waals surface area contributed by atoms with Crippen LogP contribution < -0.4 is 15.9 Å². The fourth-order valence-electron chi connectivity index (χ4n) is 2.36. The second-order valence-electron chi connectivity index (χ2n) is 5.64. The molecule has 0 aliphatic rings. The Kier molecular flexibility index (Phi) is 6.94. The number of benzene rings is 2. The molecule has 0 saturated carbocycles. The summed E-state index contributed by atoms with van der Waals surface area (Å²) in [5.74, 6) is 4.52. The monoisotopic (exact) mass is 437 g/mol. The van der Waals surface area contributed by atoms with Gasteiger partial charge < -0.3 is 15.9 Å². The van der Waals surface area contributed by atoms with Crippen LogP contribution in [0, 0.1) is 0 Å². The van der Waals surface area contributed by atoms with Crippen LogP contribution in [-0.2, 0) is 4.79 Å². The largest absolute Gasteiger partial charge is 0.497 e. The van der Waals surface area contributed by atoms with Crippen LogP contribution in [0.1, 0.15) is 0 Å². The van der Waals surface area contributed by atoms with Gasteiger partial charge in [-0.15, -0.1) is 10.2 Å². The fourth-order valence-corrected chi connectivity index (χ4v) is 3.51. The zero-order valence-electron chi connectivity index (χ0n) is 15.2. The van der Waals surface area contributed by atoms with E-state index in [0.717, 1.165) is 17.3 Å². The SMILES string of the molecule is COc1ccc(-c2nnc(SCC(=O)Nc3ccc(SC(F)F)cc3)n2N)cc1. The number of hydrogen-bond acceptors (Lipinski definition) is 7. The molecule has 0 atom stereocenters. The van der Waals surface area contributed by atoms with E-state index in [9.17, 15) is 13.6 Å². The molecule has 1 aromatic heterocycles. The van der Waals surface area contributed by atoms with Crippen LogP contribution in [0.15, 0.2) is 58.6 Å². The molecule has 0 fully saturated rings. The van der Waals surface area contributed by atoms with E-state index in [1.165, 1.54) is 16.8 Å². The number of nitrogens with two attached hydrogens (primary N) is 1. The average Bonchev–Trinajstić information content (AvgIpc) is 3.08. The molecule has 11 heteroatoms. The molecule has 1 amide bonds. The Morgan fingerprint density at radius 1 is 1.17 bits per heavy atom. The van der Waals surface area contributed by atoms with Crippen LogP contribution in [0.25, 0.3) is 11.4 Å². The summed E-state index contributed by atoms with van der Waals surface area (Å²) >= 11 is 1.58. The van der Waals surface area contributed by atoms with Crippen molar-refractivity contribution in [1.29, 1.82) is 0 Å². The van der Waals surface area contributed by atoms with Gasteiger partial charge in [0.15, 0.2) is 5.82 Å². The van der Waals surface area contributed by atoms with Gasteiger partial charge in [0.05, 0.1) is 12.9 Å². The third-order valence-electron chi connectivity index (χ3n) is 3.71. The number of rotatable bonds is 8. The van der Waals surface area contributed by atoms with Crippen LogP contribution in [0.5, 0.6) is 5.75 Å². The summed E-state index contributed by atoms with van der Waals surface area (Å²) in [6, 6.07) is 13.4. The zero-order chi connectivity index (χ0) is 20.8. The van der Waals surface area contributed by atoms with Gasteiger partial charge in [0, 0.05) is 16.1 Å². The molecule has 3 aromatic rings. The normalized spacial score (nSPS) is 10.9. The predicted octanol–water partition coefficient (Wildman–Crippen LogP) is 3.71. The summed E-state index contributed by atoms with van der Waals surface area (Å²) in [5.41, 5.74) is 1.28. The number of anilines is 1. The van der Waals surface area contributed by atoms with Gasteiger partial charge in [-0.3, -0.25) is 4.79 Å².